The summed E-state index contributed by atoms with van der Waals surface area (Å²) in [6, 6.07) is 1.85. The van der Waals surface area contributed by atoms with Crippen LogP contribution in [0.2, 0.25) is 0 Å². The van der Waals surface area contributed by atoms with E-state index < -0.39 is 0 Å². The standard InChI is InChI=1S/C14H22N4O2/c1-10(2)14(20)16-11-4-6-18(7-5-11)12-8-13(19)17(3)15-9-12/h8-11H,4-7H2,1-3H3,(H,16,20). The van der Waals surface area contributed by atoms with Crippen molar-refractivity contribution in [1.29, 1.82) is 0 Å². The largest absolute Gasteiger partial charge is 0.370 e. The molecule has 2 rings (SSSR count). The van der Waals surface area contributed by atoms with Gasteiger partial charge in [0, 0.05) is 38.2 Å². The smallest absolute Gasteiger partial charge is 0.268 e. The Bertz CT molecular complexity index is 530. The highest BCUT2D eigenvalue weighted by Crippen LogP contribution is 2.17. The first kappa shape index (κ1) is 14.6. The number of piperidine rings is 1. The Hall–Kier alpha value is -1.85. The van der Waals surface area contributed by atoms with Crippen molar-refractivity contribution in [2.75, 3.05) is 18.0 Å². The van der Waals surface area contributed by atoms with Crippen LogP contribution in [-0.4, -0.2) is 34.8 Å². The van der Waals surface area contributed by atoms with Crippen LogP contribution in [-0.2, 0) is 11.8 Å². The number of carbonyl (C=O) groups is 1. The molecule has 0 saturated carbocycles. The Morgan fingerprint density at radius 2 is 2.05 bits per heavy atom. The SMILES string of the molecule is CC(C)C(=O)NC1CCN(c2cnn(C)c(=O)c2)CC1. The lowest BCUT2D eigenvalue weighted by Crippen LogP contribution is -2.46. The maximum atomic E-state index is 11.7. The minimum atomic E-state index is -0.0993. The summed E-state index contributed by atoms with van der Waals surface area (Å²) in [4.78, 5) is 25.4. The van der Waals surface area contributed by atoms with Crippen molar-refractivity contribution in [3.63, 3.8) is 0 Å². The van der Waals surface area contributed by atoms with Gasteiger partial charge in [-0.1, -0.05) is 13.8 Å². The maximum Gasteiger partial charge on any atom is 0.268 e. The number of nitrogens with one attached hydrogen (secondary N) is 1. The van der Waals surface area contributed by atoms with Gasteiger partial charge in [0.25, 0.3) is 5.56 Å². The fourth-order valence-corrected chi connectivity index (χ4v) is 2.28. The molecule has 0 atom stereocenters. The molecular weight excluding hydrogens is 256 g/mol. The second-order valence-corrected chi connectivity index (χ2v) is 5.60. The van der Waals surface area contributed by atoms with Gasteiger partial charge in [0.1, 0.15) is 0 Å². The zero-order valence-electron chi connectivity index (χ0n) is 12.3. The third-order valence-electron chi connectivity index (χ3n) is 3.68. The van der Waals surface area contributed by atoms with E-state index in [1.54, 1.807) is 19.3 Å². The molecule has 0 aliphatic carbocycles. The molecule has 1 fully saturated rings. The summed E-state index contributed by atoms with van der Waals surface area (Å²) >= 11 is 0. The van der Waals surface area contributed by atoms with Gasteiger partial charge in [0.05, 0.1) is 11.9 Å². The zero-order valence-corrected chi connectivity index (χ0v) is 12.3. The van der Waals surface area contributed by atoms with Gasteiger partial charge in [-0.05, 0) is 12.8 Å². The quantitative estimate of drug-likeness (QED) is 0.875. The molecule has 1 aliphatic heterocycles. The summed E-state index contributed by atoms with van der Waals surface area (Å²) in [5.41, 5.74) is 0.763. The van der Waals surface area contributed by atoms with Crippen LogP contribution < -0.4 is 15.8 Å². The van der Waals surface area contributed by atoms with Crippen LogP contribution in [0.4, 0.5) is 5.69 Å². The number of carbonyl (C=O) groups excluding carboxylic acids is 1. The van der Waals surface area contributed by atoms with E-state index in [2.05, 4.69) is 15.3 Å². The van der Waals surface area contributed by atoms with Gasteiger partial charge >= 0.3 is 0 Å². The number of aromatic nitrogens is 2. The molecule has 1 N–H and O–H groups in total. The zero-order chi connectivity index (χ0) is 14.7. The lowest BCUT2D eigenvalue weighted by Gasteiger charge is -2.33. The summed E-state index contributed by atoms with van der Waals surface area (Å²) in [5.74, 6) is 0.132. The molecule has 6 nitrogen and oxygen atoms in total. The lowest BCUT2D eigenvalue weighted by molar-refractivity contribution is -0.124. The van der Waals surface area contributed by atoms with E-state index in [0.717, 1.165) is 31.6 Å². The van der Waals surface area contributed by atoms with Gasteiger partial charge in [-0.3, -0.25) is 9.59 Å². The molecule has 0 radical (unpaired) electrons. The van der Waals surface area contributed by atoms with Crippen molar-refractivity contribution in [2.45, 2.75) is 32.7 Å². The van der Waals surface area contributed by atoms with E-state index in [-0.39, 0.29) is 23.4 Å². The number of aryl methyl sites for hydroxylation is 1. The number of amides is 1. The molecule has 1 saturated heterocycles. The van der Waals surface area contributed by atoms with Crippen LogP contribution in [0.3, 0.4) is 0 Å². The maximum absolute atomic E-state index is 11.7. The third kappa shape index (κ3) is 3.37. The molecule has 1 amide bonds. The van der Waals surface area contributed by atoms with E-state index in [4.69, 9.17) is 0 Å². The molecule has 0 spiro atoms. The van der Waals surface area contributed by atoms with E-state index in [9.17, 15) is 9.59 Å². The van der Waals surface area contributed by atoms with Crippen molar-refractivity contribution < 1.29 is 4.79 Å². The minimum Gasteiger partial charge on any atom is -0.370 e. The molecule has 0 bridgehead atoms. The van der Waals surface area contributed by atoms with Crippen LogP contribution in [0.25, 0.3) is 0 Å². The number of hydrogen-bond donors (Lipinski definition) is 1. The first-order valence-corrected chi connectivity index (χ1v) is 7.06. The molecule has 1 aliphatic rings. The Kier molecular flexibility index (Phi) is 4.42. The molecule has 1 aromatic heterocycles. The predicted octanol–water partition coefficient (Wildman–Crippen LogP) is 0.521. The van der Waals surface area contributed by atoms with E-state index in [1.165, 1.54) is 4.68 Å². The van der Waals surface area contributed by atoms with E-state index in [1.807, 2.05) is 13.8 Å². The summed E-state index contributed by atoms with van der Waals surface area (Å²) in [6.45, 7) is 5.46. The fourth-order valence-electron chi connectivity index (χ4n) is 2.28. The summed E-state index contributed by atoms with van der Waals surface area (Å²) in [7, 11) is 1.64. The third-order valence-corrected chi connectivity index (χ3v) is 3.68. The summed E-state index contributed by atoms with van der Waals surface area (Å²) in [5, 5.41) is 7.10. The highest BCUT2D eigenvalue weighted by Gasteiger charge is 2.22. The predicted molar refractivity (Wildman–Crippen MR) is 77.7 cm³/mol. The van der Waals surface area contributed by atoms with Gasteiger partial charge < -0.3 is 10.2 Å². The van der Waals surface area contributed by atoms with Crippen LogP contribution in [0.15, 0.2) is 17.1 Å². The average molecular weight is 278 g/mol. The first-order chi connectivity index (χ1) is 9.47. The number of hydrogen-bond acceptors (Lipinski definition) is 4. The van der Waals surface area contributed by atoms with Crippen molar-refractivity contribution in [3.8, 4) is 0 Å². The molecule has 1 aromatic rings. The first-order valence-electron chi connectivity index (χ1n) is 7.06. The van der Waals surface area contributed by atoms with Crippen molar-refractivity contribution >= 4 is 11.6 Å². The highest BCUT2D eigenvalue weighted by molar-refractivity contribution is 5.78. The topological polar surface area (TPSA) is 67.2 Å². The molecule has 0 unspecified atom stereocenters. The van der Waals surface area contributed by atoms with Crippen LogP contribution in [0, 0.1) is 5.92 Å². The fraction of sp³-hybridized carbons (Fsp3) is 0.643. The summed E-state index contributed by atoms with van der Waals surface area (Å²) < 4.78 is 1.32. The minimum absolute atomic E-state index is 0.0226. The average Bonchev–Trinajstić information content (AvgIpc) is 2.42. The van der Waals surface area contributed by atoms with Gasteiger partial charge in [-0.2, -0.15) is 5.10 Å². The monoisotopic (exact) mass is 278 g/mol. The second-order valence-electron chi connectivity index (χ2n) is 5.60. The van der Waals surface area contributed by atoms with E-state index >= 15 is 0 Å². The van der Waals surface area contributed by atoms with E-state index in [0.29, 0.717) is 0 Å². The van der Waals surface area contributed by atoms with Gasteiger partial charge in [0.15, 0.2) is 0 Å². The van der Waals surface area contributed by atoms with Gasteiger partial charge in [0.2, 0.25) is 5.91 Å². The Labute approximate surface area is 118 Å². The molecule has 110 valence electrons. The van der Waals surface area contributed by atoms with Gasteiger partial charge in [-0.25, -0.2) is 4.68 Å². The van der Waals surface area contributed by atoms with Crippen molar-refractivity contribution in [3.05, 3.63) is 22.6 Å². The molecular formula is C14H22N4O2. The normalized spacial score (nSPS) is 16.5. The van der Waals surface area contributed by atoms with Gasteiger partial charge in [-0.15, -0.1) is 0 Å². The number of nitrogens with zero attached hydrogens (tertiary/aromatic N) is 3. The lowest BCUT2D eigenvalue weighted by atomic mass is 10.0. The molecule has 2 heterocycles. The van der Waals surface area contributed by atoms with Crippen LogP contribution >= 0.6 is 0 Å². The number of anilines is 1. The highest BCUT2D eigenvalue weighted by atomic mass is 16.2. The number of rotatable bonds is 3. The van der Waals surface area contributed by atoms with Crippen molar-refractivity contribution in [2.24, 2.45) is 13.0 Å². The van der Waals surface area contributed by atoms with Crippen LogP contribution in [0.1, 0.15) is 26.7 Å². The Balaban J connectivity index is 1.92. The molecule has 0 aromatic carbocycles. The summed E-state index contributed by atoms with van der Waals surface area (Å²) in [6.07, 6.45) is 3.51. The molecule has 20 heavy (non-hydrogen) atoms. The Morgan fingerprint density at radius 3 is 2.60 bits per heavy atom. The van der Waals surface area contributed by atoms with Crippen LogP contribution in [0.5, 0.6) is 0 Å². The second kappa shape index (κ2) is 6.07. The Morgan fingerprint density at radius 1 is 1.40 bits per heavy atom. The van der Waals surface area contributed by atoms with Crippen molar-refractivity contribution in [1.82, 2.24) is 15.1 Å². The molecule has 6 heteroatoms.